The third kappa shape index (κ3) is 5.35. The molecule has 0 radical (unpaired) electrons. The first kappa shape index (κ1) is 21.0. The molecule has 1 unspecified atom stereocenters. The zero-order chi connectivity index (χ0) is 20.8. The van der Waals surface area contributed by atoms with Crippen LogP contribution in [0.15, 0.2) is 13.7 Å². The zero-order valence-corrected chi connectivity index (χ0v) is 14.7. The second-order valence-electron chi connectivity index (χ2n) is 5.79. The lowest BCUT2D eigenvalue weighted by Gasteiger charge is -2.20. The van der Waals surface area contributed by atoms with Crippen molar-refractivity contribution in [1.29, 1.82) is 0 Å². The van der Waals surface area contributed by atoms with Gasteiger partial charge in [0.1, 0.15) is 12.1 Å². The molecule has 15 nitrogen and oxygen atoms in total. The van der Waals surface area contributed by atoms with E-state index in [9.17, 15) is 19.5 Å². The van der Waals surface area contributed by atoms with E-state index in [1.165, 1.54) is 6.92 Å². The summed E-state index contributed by atoms with van der Waals surface area (Å²) < 4.78 is 9.69. The van der Waals surface area contributed by atoms with Crippen molar-refractivity contribution < 1.29 is 28.7 Å². The number of amides is 3. The summed E-state index contributed by atoms with van der Waals surface area (Å²) in [4.78, 5) is 38.6. The van der Waals surface area contributed by atoms with Gasteiger partial charge >= 0.3 is 11.8 Å². The number of H-pyrrole nitrogens is 1. The first-order chi connectivity index (χ1) is 13.2. The van der Waals surface area contributed by atoms with E-state index in [1.807, 2.05) is 5.10 Å². The molecule has 0 aromatic carbocycles. The molecule has 0 bridgehead atoms. The van der Waals surface area contributed by atoms with Crippen LogP contribution in [-0.2, 0) is 4.79 Å². The number of rotatable bonds is 9. The maximum absolute atomic E-state index is 12.3. The van der Waals surface area contributed by atoms with Crippen LogP contribution < -0.4 is 27.9 Å². The number of hydrogen-bond acceptors (Lipinski definition) is 11. The molecule has 0 saturated carbocycles. The fourth-order valence-corrected chi connectivity index (χ4v) is 2.13. The molecule has 2 heterocycles. The van der Waals surface area contributed by atoms with Crippen molar-refractivity contribution in [3.05, 3.63) is 28.2 Å². The highest BCUT2D eigenvalue weighted by Crippen LogP contribution is 2.18. The highest BCUT2D eigenvalue weighted by Gasteiger charge is 2.29. The van der Waals surface area contributed by atoms with Crippen LogP contribution in [-0.4, -0.2) is 55.2 Å². The van der Waals surface area contributed by atoms with Crippen LogP contribution in [0, 0.1) is 0 Å². The number of aromatic nitrogens is 4. The van der Waals surface area contributed by atoms with E-state index in [4.69, 9.17) is 25.5 Å². The van der Waals surface area contributed by atoms with Crippen LogP contribution in [0.3, 0.4) is 0 Å². The highest BCUT2D eigenvalue weighted by atomic mass is 16.5. The average molecular weight is 400 g/mol. The number of urea groups is 1. The summed E-state index contributed by atoms with van der Waals surface area (Å²) in [6.45, 7) is 0.888. The predicted octanol–water partition coefficient (Wildman–Crippen LogP) is -2.92. The summed E-state index contributed by atoms with van der Waals surface area (Å²) in [5.41, 5.74) is 10.7. The van der Waals surface area contributed by atoms with E-state index in [0.717, 1.165) is 0 Å². The van der Waals surface area contributed by atoms with Gasteiger partial charge in [-0.15, -0.1) is 5.10 Å². The maximum atomic E-state index is 12.3. The Labute approximate surface area is 156 Å². The number of primary amides is 1. The largest absolute Gasteiger partial charge is 0.434 e. The van der Waals surface area contributed by atoms with Gasteiger partial charge in [-0.05, 0) is 6.92 Å². The monoisotopic (exact) mass is 400 g/mol. The summed E-state index contributed by atoms with van der Waals surface area (Å²) in [5.74, 6) is -2.10. The number of hydrogen-bond donors (Lipinski definition) is 7. The number of nitrogens with one attached hydrogen (secondary N) is 3. The molecule has 0 aliphatic carbocycles. The van der Waals surface area contributed by atoms with E-state index >= 15 is 0 Å². The smallest absolute Gasteiger partial charge is 0.394 e. The molecule has 3 amide bonds. The Balaban J connectivity index is 2.14. The Kier molecular flexibility index (Phi) is 6.80. The number of nitrogens with two attached hydrogens (primary N) is 2. The Morgan fingerprint density at radius 2 is 2.04 bits per heavy atom. The van der Waals surface area contributed by atoms with Crippen molar-refractivity contribution in [2.24, 2.45) is 11.5 Å². The molecular formula is C13H20N8O7. The first-order valence-corrected chi connectivity index (χ1v) is 8.00. The molecular weight excluding hydrogens is 380 g/mol. The van der Waals surface area contributed by atoms with Gasteiger partial charge in [0, 0.05) is 0 Å². The Morgan fingerprint density at radius 1 is 1.32 bits per heavy atom. The summed E-state index contributed by atoms with van der Waals surface area (Å²) in [5, 5.41) is 32.7. The van der Waals surface area contributed by atoms with Gasteiger partial charge in [-0.25, -0.2) is 14.7 Å². The molecule has 2 rings (SSSR count). The summed E-state index contributed by atoms with van der Waals surface area (Å²) in [6.07, 6.45) is -1.57. The molecule has 0 spiro atoms. The van der Waals surface area contributed by atoms with Gasteiger partial charge in [0.2, 0.25) is 17.7 Å². The fraction of sp³-hybridized carbons (Fsp3) is 0.538. The van der Waals surface area contributed by atoms with Crippen LogP contribution >= 0.6 is 0 Å². The van der Waals surface area contributed by atoms with E-state index in [0.29, 0.717) is 0 Å². The standard InChI is InChI=1S/C13H20N8O7/c1-4(23)8(11-19-20-13(26)27-11)17-12(25)16-6(2-7(15)24)10-18-9(21-28-10)5(14)3-22/h4-6,8,22-23H,2-3,14H2,1H3,(H2,15,24)(H,20,26)(H2,16,17,25)/t4?,5-,6+,8-/m0/s1. The number of aromatic amines is 1. The van der Waals surface area contributed by atoms with Crippen molar-refractivity contribution in [3.63, 3.8) is 0 Å². The number of aliphatic hydroxyl groups excluding tert-OH is 2. The van der Waals surface area contributed by atoms with E-state index in [-0.39, 0.29) is 24.0 Å². The van der Waals surface area contributed by atoms with Crippen molar-refractivity contribution in [2.45, 2.75) is 37.6 Å². The molecule has 154 valence electrons. The van der Waals surface area contributed by atoms with Crippen LogP contribution in [0.4, 0.5) is 4.79 Å². The molecule has 28 heavy (non-hydrogen) atoms. The predicted molar refractivity (Wildman–Crippen MR) is 88.1 cm³/mol. The van der Waals surface area contributed by atoms with Crippen LogP contribution in [0.2, 0.25) is 0 Å². The van der Waals surface area contributed by atoms with Gasteiger partial charge in [-0.3, -0.25) is 4.79 Å². The SMILES string of the molecule is CC(O)[C@H](NC(=O)N[C@H](CC(N)=O)c1nc([C@@H](N)CO)no1)c1n[nH]c(=O)o1. The molecule has 9 N–H and O–H groups in total. The number of aliphatic hydroxyl groups is 2. The third-order valence-corrected chi connectivity index (χ3v) is 3.48. The number of nitrogens with zero attached hydrogens (tertiary/aromatic N) is 3. The van der Waals surface area contributed by atoms with Crippen LogP contribution in [0.25, 0.3) is 0 Å². The van der Waals surface area contributed by atoms with Crippen molar-refractivity contribution in [3.8, 4) is 0 Å². The lowest BCUT2D eigenvalue weighted by molar-refractivity contribution is -0.118. The minimum atomic E-state index is -1.18. The second-order valence-corrected chi connectivity index (χ2v) is 5.79. The molecule has 0 fully saturated rings. The number of carbonyl (C=O) groups is 2. The quantitative estimate of drug-likeness (QED) is 0.224. The molecule has 2 aromatic heterocycles. The molecule has 4 atom stereocenters. The molecule has 15 heteroatoms. The van der Waals surface area contributed by atoms with Gasteiger partial charge < -0.3 is 41.3 Å². The van der Waals surface area contributed by atoms with E-state index in [1.54, 1.807) is 0 Å². The summed E-state index contributed by atoms with van der Waals surface area (Å²) >= 11 is 0. The minimum Gasteiger partial charge on any atom is -0.394 e. The molecule has 0 aliphatic rings. The minimum absolute atomic E-state index is 0.0330. The fourth-order valence-electron chi connectivity index (χ4n) is 2.13. The van der Waals surface area contributed by atoms with Gasteiger partial charge in [-0.2, -0.15) is 4.98 Å². The summed E-state index contributed by atoms with van der Waals surface area (Å²) in [6, 6.07) is -4.09. The second kappa shape index (κ2) is 9.07. The van der Waals surface area contributed by atoms with Gasteiger partial charge in [0.25, 0.3) is 0 Å². The van der Waals surface area contributed by atoms with Gasteiger partial charge in [0.05, 0.1) is 25.2 Å². The topological polar surface area (TPSA) is 249 Å². The lowest BCUT2D eigenvalue weighted by Crippen LogP contribution is -2.44. The lowest BCUT2D eigenvalue weighted by atomic mass is 10.1. The zero-order valence-electron chi connectivity index (χ0n) is 14.7. The Hall–Kier alpha value is -3.30. The molecule has 2 aromatic rings. The maximum Gasteiger partial charge on any atom is 0.434 e. The number of carbonyl (C=O) groups excluding carboxylic acids is 2. The van der Waals surface area contributed by atoms with E-state index < -0.39 is 48.5 Å². The molecule has 0 aliphatic heterocycles. The molecule has 0 saturated heterocycles. The third-order valence-electron chi connectivity index (χ3n) is 3.48. The Bertz CT molecular complexity index is 859. The Morgan fingerprint density at radius 3 is 2.57 bits per heavy atom. The average Bonchev–Trinajstić information content (AvgIpc) is 3.27. The normalized spacial score (nSPS) is 15.4. The van der Waals surface area contributed by atoms with Gasteiger partial charge in [0.15, 0.2) is 5.82 Å². The van der Waals surface area contributed by atoms with Crippen molar-refractivity contribution in [1.82, 2.24) is 31.0 Å². The van der Waals surface area contributed by atoms with Crippen LogP contribution in [0.5, 0.6) is 0 Å². The van der Waals surface area contributed by atoms with Crippen LogP contribution in [0.1, 0.15) is 49.1 Å². The summed E-state index contributed by atoms with van der Waals surface area (Å²) in [7, 11) is 0. The van der Waals surface area contributed by atoms with Crippen molar-refractivity contribution >= 4 is 11.9 Å². The van der Waals surface area contributed by atoms with Crippen molar-refractivity contribution in [2.75, 3.05) is 6.61 Å². The highest BCUT2D eigenvalue weighted by molar-refractivity contribution is 5.78. The van der Waals surface area contributed by atoms with Gasteiger partial charge in [-0.1, -0.05) is 5.16 Å². The van der Waals surface area contributed by atoms with E-state index in [2.05, 4.69) is 25.9 Å². The first-order valence-electron chi connectivity index (χ1n) is 8.00.